The van der Waals surface area contributed by atoms with Crippen LogP contribution in [0.5, 0.6) is 0 Å². The van der Waals surface area contributed by atoms with Crippen LogP contribution in [0.2, 0.25) is 0 Å². The molecule has 0 aliphatic rings. The van der Waals surface area contributed by atoms with Crippen LogP contribution in [0.4, 0.5) is 0 Å². The lowest BCUT2D eigenvalue weighted by molar-refractivity contribution is -0.161. The zero-order chi connectivity index (χ0) is 78.0. The van der Waals surface area contributed by atoms with Gasteiger partial charge in [0, 0.05) is 19.3 Å². The fourth-order valence-electron chi connectivity index (χ4n) is 11.7. The van der Waals surface area contributed by atoms with Crippen LogP contribution in [0.1, 0.15) is 367 Å². The van der Waals surface area contributed by atoms with Crippen molar-refractivity contribution in [2.75, 3.05) is 39.6 Å². The van der Waals surface area contributed by atoms with Crippen LogP contribution in [0.3, 0.4) is 0 Å². The van der Waals surface area contributed by atoms with Crippen LogP contribution in [0, 0.1) is 0 Å². The highest BCUT2D eigenvalue weighted by Gasteiger charge is 2.29. The Labute approximate surface area is 653 Å². The van der Waals surface area contributed by atoms with Crippen molar-refractivity contribution in [3.05, 3.63) is 122 Å². The van der Waals surface area contributed by atoms with Crippen LogP contribution >= 0.6 is 15.6 Å². The van der Waals surface area contributed by atoms with Crippen LogP contribution in [-0.2, 0) is 55.8 Å². The number of hydrogen-bond acceptors (Lipinski definition) is 14. The average molecular weight is 1540 g/mol. The number of ether oxygens (including phenoxy) is 3. The van der Waals surface area contributed by atoms with Gasteiger partial charge in [-0.1, -0.05) is 361 Å². The second-order valence-electron chi connectivity index (χ2n) is 28.6. The Morgan fingerprint density at radius 1 is 0.271 bits per heavy atom. The van der Waals surface area contributed by atoms with E-state index in [0.717, 1.165) is 141 Å². The summed E-state index contributed by atoms with van der Waals surface area (Å²) >= 11 is 0. The summed E-state index contributed by atoms with van der Waals surface area (Å²) in [5.74, 6) is -1.58. The van der Waals surface area contributed by atoms with Crippen LogP contribution in [-0.4, -0.2) is 95.9 Å². The highest BCUT2D eigenvalue weighted by molar-refractivity contribution is 7.47. The fourth-order valence-corrected chi connectivity index (χ4v) is 13.3. The van der Waals surface area contributed by atoms with Gasteiger partial charge in [0.2, 0.25) is 0 Å². The summed E-state index contributed by atoms with van der Waals surface area (Å²) < 4.78 is 61.3. The van der Waals surface area contributed by atoms with Gasteiger partial charge in [0.15, 0.2) is 6.10 Å². The van der Waals surface area contributed by atoms with E-state index in [4.69, 9.17) is 32.3 Å². The molecule has 0 fully saturated rings. The Bertz CT molecular complexity index is 2430. The third-order valence-corrected chi connectivity index (χ3v) is 20.1. The highest BCUT2D eigenvalue weighted by atomic mass is 31.2. The third-order valence-electron chi connectivity index (χ3n) is 18.2. The molecule has 0 bridgehead atoms. The molecule has 0 saturated carbocycles. The first-order valence-corrected chi connectivity index (χ1v) is 45.8. The first-order valence-electron chi connectivity index (χ1n) is 42.8. The van der Waals surface area contributed by atoms with Gasteiger partial charge >= 0.3 is 33.6 Å². The molecule has 0 rings (SSSR count). The SMILES string of the molecule is CC/C=C\C/C=C\C/C=C\C/C=C\C/C=C\CCCCCCCCCCCCCCCCCCCCCC(=O)OCC(O)COP(=O)(O)OCC(O)COP(=O)(O)OCC(COC(=O)CCCCCCC/C=C\C/C=C\C/C=C\C/C=C\C/C=C\CC)OC(=O)CCCCCCCCCCCCCCCCC. The summed E-state index contributed by atoms with van der Waals surface area (Å²) in [6.07, 6.45) is 98.3. The number of allylic oxidation sites excluding steroid dienone is 20. The number of aliphatic hydroxyl groups is 2. The van der Waals surface area contributed by atoms with Gasteiger partial charge in [0.25, 0.3) is 0 Å². The van der Waals surface area contributed by atoms with Gasteiger partial charge in [-0.2, -0.15) is 0 Å². The van der Waals surface area contributed by atoms with Gasteiger partial charge in [0.05, 0.1) is 26.4 Å². The quantitative estimate of drug-likeness (QED) is 0.0146. The molecule has 5 atom stereocenters. The van der Waals surface area contributed by atoms with Gasteiger partial charge < -0.3 is 34.2 Å². The van der Waals surface area contributed by atoms with Crippen molar-refractivity contribution in [2.45, 2.75) is 386 Å². The van der Waals surface area contributed by atoms with Gasteiger partial charge in [-0.15, -0.1) is 0 Å². The minimum Gasteiger partial charge on any atom is -0.463 e. The molecule has 5 unspecified atom stereocenters. The largest absolute Gasteiger partial charge is 0.472 e. The summed E-state index contributed by atoms with van der Waals surface area (Å²) in [6.45, 7) is 2.48. The molecule has 0 aromatic carbocycles. The monoisotopic (exact) mass is 1540 g/mol. The minimum atomic E-state index is -4.93. The van der Waals surface area contributed by atoms with E-state index < -0.39 is 91.5 Å². The molecule has 18 heteroatoms. The number of unbranched alkanes of at least 4 members (excludes halogenated alkanes) is 38. The molecule has 0 radical (unpaired) electrons. The topological polar surface area (TPSA) is 231 Å². The van der Waals surface area contributed by atoms with E-state index in [-0.39, 0.29) is 19.3 Å². The molecule has 0 saturated heterocycles. The first-order chi connectivity index (χ1) is 52.2. The second-order valence-corrected chi connectivity index (χ2v) is 31.5. The summed E-state index contributed by atoms with van der Waals surface area (Å²) in [6, 6.07) is 0. The number of esters is 3. The second kappa shape index (κ2) is 81.4. The van der Waals surface area contributed by atoms with Crippen molar-refractivity contribution in [3.8, 4) is 0 Å². The van der Waals surface area contributed by atoms with Gasteiger partial charge in [-0.25, -0.2) is 9.13 Å². The highest BCUT2D eigenvalue weighted by Crippen LogP contribution is 2.45. The van der Waals surface area contributed by atoms with E-state index in [0.29, 0.717) is 19.3 Å². The Hall–Kier alpha value is -4.05. The summed E-state index contributed by atoms with van der Waals surface area (Å²) in [5.41, 5.74) is 0. The van der Waals surface area contributed by atoms with Gasteiger partial charge in [-0.3, -0.25) is 32.5 Å². The average Bonchev–Trinajstić information content (AvgIpc) is 0.906. The molecule has 0 aromatic heterocycles. The first kappa shape index (κ1) is 103. The van der Waals surface area contributed by atoms with Crippen LogP contribution in [0.15, 0.2) is 122 Å². The molecule has 4 N–H and O–H groups in total. The smallest absolute Gasteiger partial charge is 0.463 e. The van der Waals surface area contributed by atoms with Crippen molar-refractivity contribution >= 4 is 33.6 Å². The number of rotatable bonds is 81. The molecule has 0 heterocycles. The van der Waals surface area contributed by atoms with E-state index in [1.165, 1.54) is 167 Å². The summed E-state index contributed by atoms with van der Waals surface area (Å²) in [5, 5.41) is 20.7. The maximum atomic E-state index is 13.0. The number of carbonyl (C=O) groups is 3. The Balaban J connectivity index is 4.41. The number of hydrogen-bond donors (Lipinski definition) is 4. The van der Waals surface area contributed by atoms with Gasteiger partial charge in [-0.05, 0) is 109 Å². The van der Waals surface area contributed by atoms with Gasteiger partial charge in [0.1, 0.15) is 25.4 Å². The molecule has 0 amide bonds. The Morgan fingerprint density at radius 3 is 0.785 bits per heavy atom. The van der Waals surface area contributed by atoms with E-state index in [1.54, 1.807) is 0 Å². The maximum Gasteiger partial charge on any atom is 0.472 e. The van der Waals surface area contributed by atoms with E-state index >= 15 is 0 Å². The molecule has 107 heavy (non-hydrogen) atoms. The molecular weight excluding hydrogens is 1390 g/mol. The summed E-state index contributed by atoms with van der Waals surface area (Å²) in [7, 11) is -9.79. The predicted octanol–water partition coefficient (Wildman–Crippen LogP) is 25.7. The van der Waals surface area contributed by atoms with Crippen molar-refractivity contribution in [3.63, 3.8) is 0 Å². The molecular formula is C89H156O16P2. The number of carbonyl (C=O) groups excluding carboxylic acids is 3. The van der Waals surface area contributed by atoms with E-state index in [2.05, 4.69) is 142 Å². The van der Waals surface area contributed by atoms with Crippen molar-refractivity contribution < 1.29 is 75.8 Å². The number of aliphatic hydroxyl groups excluding tert-OH is 2. The number of phosphoric acid groups is 2. The zero-order valence-corrected chi connectivity index (χ0v) is 69.6. The molecule has 16 nitrogen and oxygen atoms in total. The molecule has 0 spiro atoms. The van der Waals surface area contributed by atoms with Crippen molar-refractivity contribution in [2.24, 2.45) is 0 Å². The number of phosphoric ester groups is 2. The van der Waals surface area contributed by atoms with Crippen molar-refractivity contribution in [1.29, 1.82) is 0 Å². The molecule has 618 valence electrons. The fraction of sp³-hybridized carbons (Fsp3) is 0.742. The van der Waals surface area contributed by atoms with E-state index in [9.17, 15) is 43.5 Å². The zero-order valence-electron chi connectivity index (χ0n) is 67.8. The lowest BCUT2D eigenvalue weighted by atomic mass is 10.0. The molecule has 0 aromatic rings. The Morgan fingerprint density at radius 2 is 0.495 bits per heavy atom. The molecule has 0 aliphatic carbocycles. The lowest BCUT2D eigenvalue weighted by Gasteiger charge is -2.21. The lowest BCUT2D eigenvalue weighted by Crippen LogP contribution is -2.30. The maximum absolute atomic E-state index is 13.0. The third kappa shape index (κ3) is 82.7. The minimum absolute atomic E-state index is 0.103. The predicted molar refractivity (Wildman–Crippen MR) is 445 cm³/mol. The van der Waals surface area contributed by atoms with E-state index in [1.807, 2.05) is 0 Å². The standard InChI is InChI=1S/C89H156O16P2/c1-4-7-10-13-16-19-22-25-28-30-32-34-35-36-37-38-39-40-41-42-43-44-45-46-47-49-51-52-55-57-60-63-66-69-72-75-87(92)99-78-84(90)79-101-106(95,96)102-80-85(91)81-103-107(97,98)104-83-86(105-89(94)77-74-71-68-65-62-59-54-27-24-21-18-15-12-9-6-3)82-100-88(93)76-73-70-67-64-61-58-56-53-50-48-33-31-29-26-23-20-17-14-11-8-5-2/h7-8,10-11,16-17,19-20,25-26,28-29,32-34,36-37,48,53,56,84-86,90-91H,4-6,9,12-15,18,21-24,27,30-31,35,38-47,49-52,54-55,57-83H2,1-3H3,(H,95,96)(H,97,98)/b10-7-,11-8-,19-16-,20-17-,28-25-,29-26-,34-32-,37-36-,48-33-,56-53-. The van der Waals surface area contributed by atoms with Crippen LogP contribution in [0.25, 0.3) is 0 Å². The summed E-state index contributed by atoms with van der Waals surface area (Å²) in [4.78, 5) is 58.7. The molecule has 0 aliphatic heterocycles. The normalized spacial score (nSPS) is 14.5. The van der Waals surface area contributed by atoms with Crippen molar-refractivity contribution in [1.82, 2.24) is 0 Å². The Kier molecular flexibility index (Phi) is 78.4. The van der Waals surface area contributed by atoms with Crippen LogP contribution < -0.4 is 0 Å².